The number of carbonyl (C=O) groups is 2. The summed E-state index contributed by atoms with van der Waals surface area (Å²) in [4.78, 5) is 22.2. The van der Waals surface area contributed by atoms with Crippen LogP contribution in [0.1, 0.15) is 36.0 Å². The Bertz CT molecular complexity index is 699. The molecule has 108 valence electrons. The molecule has 0 aliphatic heterocycles. The molecule has 1 aliphatic rings. The second-order valence-electron chi connectivity index (χ2n) is 5.38. The van der Waals surface area contributed by atoms with E-state index < -0.39 is 11.8 Å². The highest BCUT2D eigenvalue weighted by molar-refractivity contribution is 6.40. The number of fused-ring (bicyclic) bond motifs is 1. The van der Waals surface area contributed by atoms with Crippen molar-refractivity contribution in [3.05, 3.63) is 42.0 Å². The fraction of sp³-hybridized carbons (Fsp3) is 0.294. The molecule has 2 aromatic rings. The van der Waals surface area contributed by atoms with Gasteiger partial charge >= 0.3 is 5.97 Å². The van der Waals surface area contributed by atoms with Crippen LogP contribution in [0.15, 0.2) is 36.4 Å². The molecular formula is C17H16O4. The number of Topliss-reactive ketones (excluding diaryl/α,β-unsaturated/α-hetero) is 1. The molecule has 0 bridgehead atoms. The van der Waals surface area contributed by atoms with Gasteiger partial charge in [-0.2, -0.15) is 0 Å². The first-order valence-corrected chi connectivity index (χ1v) is 7.11. The van der Waals surface area contributed by atoms with Crippen LogP contribution in [0.25, 0.3) is 10.8 Å². The third-order valence-electron chi connectivity index (χ3n) is 3.87. The molecule has 21 heavy (non-hydrogen) atoms. The third kappa shape index (κ3) is 2.89. The van der Waals surface area contributed by atoms with Gasteiger partial charge in [-0.3, -0.25) is 4.79 Å². The van der Waals surface area contributed by atoms with Gasteiger partial charge in [0.2, 0.25) is 0 Å². The molecule has 3 rings (SSSR count). The van der Waals surface area contributed by atoms with Crippen molar-refractivity contribution in [1.82, 2.24) is 0 Å². The van der Waals surface area contributed by atoms with Crippen LogP contribution < -0.4 is 4.74 Å². The lowest BCUT2D eigenvalue weighted by molar-refractivity contribution is -0.131. The van der Waals surface area contributed by atoms with E-state index in [1.54, 1.807) is 12.1 Å². The van der Waals surface area contributed by atoms with Crippen molar-refractivity contribution in [3.63, 3.8) is 0 Å². The predicted molar refractivity (Wildman–Crippen MR) is 78.8 cm³/mol. The molecule has 0 aromatic heterocycles. The Morgan fingerprint density at radius 3 is 2.38 bits per heavy atom. The highest BCUT2D eigenvalue weighted by Gasteiger charge is 2.17. The SMILES string of the molecule is O=C(O)C(=O)c1ccc2cc(OC3CCCC3)ccc2c1. The minimum absolute atomic E-state index is 0.194. The molecule has 1 saturated carbocycles. The van der Waals surface area contributed by atoms with Gasteiger partial charge < -0.3 is 9.84 Å². The number of carboxylic acids is 1. The average Bonchev–Trinajstić information content (AvgIpc) is 2.98. The standard InChI is InChI=1S/C17H16O4/c18-16(17(19)20)13-6-5-12-10-15(8-7-11(12)9-13)21-14-3-1-2-4-14/h5-10,14H,1-4H2,(H,19,20). The maximum Gasteiger partial charge on any atom is 0.377 e. The van der Waals surface area contributed by atoms with Crippen LogP contribution in [0.2, 0.25) is 0 Å². The van der Waals surface area contributed by atoms with Crippen LogP contribution in [0.5, 0.6) is 5.75 Å². The summed E-state index contributed by atoms with van der Waals surface area (Å²) in [7, 11) is 0. The summed E-state index contributed by atoms with van der Waals surface area (Å²) in [5.74, 6) is -1.49. The van der Waals surface area contributed by atoms with Crippen LogP contribution in [-0.2, 0) is 4.79 Å². The van der Waals surface area contributed by atoms with E-state index in [1.165, 1.54) is 18.9 Å². The van der Waals surface area contributed by atoms with E-state index in [4.69, 9.17) is 9.84 Å². The number of rotatable bonds is 4. The molecule has 0 atom stereocenters. The molecule has 4 heteroatoms. The van der Waals surface area contributed by atoms with Gasteiger partial charge in [0, 0.05) is 5.56 Å². The van der Waals surface area contributed by atoms with Crippen molar-refractivity contribution in [2.45, 2.75) is 31.8 Å². The number of aliphatic carboxylic acids is 1. The Labute approximate surface area is 122 Å². The summed E-state index contributed by atoms with van der Waals surface area (Å²) in [6.07, 6.45) is 4.95. The normalized spacial score (nSPS) is 15.2. The van der Waals surface area contributed by atoms with Gasteiger partial charge in [-0.15, -0.1) is 0 Å². The van der Waals surface area contributed by atoms with E-state index in [9.17, 15) is 9.59 Å². The summed E-state index contributed by atoms with van der Waals surface area (Å²) < 4.78 is 5.94. The van der Waals surface area contributed by atoms with Gasteiger partial charge in [-0.05, 0) is 54.7 Å². The Balaban J connectivity index is 1.87. The lowest BCUT2D eigenvalue weighted by Crippen LogP contribution is -2.12. The number of carbonyl (C=O) groups excluding carboxylic acids is 1. The highest BCUT2D eigenvalue weighted by atomic mass is 16.5. The third-order valence-corrected chi connectivity index (χ3v) is 3.87. The van der Waals surface area contributed by atoms with Gasteiger partial charge in [-0.1, -0.05) is 18.2 Å². The van der Waals surface area contributed by atoms with Crippen LogP contribution >= 0.6 is 0 Å². The Morgan fingerprint density at radius 2 is 1.67 bits per heavy atom. The van der Waals surface area contributed by atoms with Gasteiger partial charge in [0.15, 0.2) is 0 Å². The van der Waals surface area contributed by atoms with E-state index in [0.717, 1.165) is 29.4 Å². The van der Waals surface area contributed by atoms with Crippen molar-refractivity contribution in [2.24, 2.45) is 0 Å². The highest BCUT2D eigenvalue weighted by Crippen LogP contribution is 2.27. The average molecular weight is 284 g/mol. The topological polar surface area (TPSA) is 63.6 Å². The van der Waals surface area contributed by atoms with E-state index in [1.807, 2.05) is 18.2 Å². The molecule has 0 spiro atoms. The molecular weight excluding hydrogens is 268 g/mol. The fourth-order valence-corrected chi connectivity index (χ4v) is 2.76. The maximum absolute atomic E-state index is 11.5. The zero-order valence-electron chi connectivity index (χ0n) is 11.5. The van der Waals surface area contributed by atoms with Crippen LogP contribution in [0.4, 0.5) is 0 Å². The van der Waals surface area contributed by atoms with Gasteiger partial charge in [0.25, 0.3) is 5.78 Å². The van der Waals surface area contributed by atoms with Gasteiger partial charge in [0.1, 0.15) is 5.75 Å². The molecule has 0 amide bonds. The molecule has 0 unspecified atom stereocenters. The van der Waals surface area contributed by atoms with E-state index in [0.29, 0.717) is 6.10 Å². The molecule has 4 nitrogen and oxygen atoms in total. The molecule has 1 fully saturated rings. The number of benzene rings is 2. The van der Waals surface area contributed by atoms with Gasteiger partial charge in [0.05, 0.1) is 6.10 Å². The van der Waals surface area contributed by atoms with Crippen LogP contribution in [0.3, 0.4) is 0 Å². The number of hydrogen-bond donors (Lipinski definition) is 1. The zero-order valence-corrected chi connectivity index (χ0v) is 11.5. The molecule has 1 N–H and O–H groups in total. The second kappa shape index (κ2) is 5.56. The van der Waals surface area contributed by atoms with Crippen LogP contribution in [-0.4, -0.2) is 23.0 Å². The zero-order chi connectivity index (χ0) is 14.8. The first-order valence-electron chi connectivity index (χ1n) is 7.11. The lowest BCUT2D eigenvalue weighted by Gasteiger charge is -2.13. The first-order chi connectivity index (χ1) is 10.1. The minimum atomic E-state index is -1.43. The van der Waals surface area contributed by atoms with Crippen molar-refractivity contribution in [1.29, 1.82) is 0 Å². The number of hydrogen-bond acceptors (Lipinski definition) is 3. The summed E-state index contributed by atoms with van der Waals surface area (Å²) >= 11 is 0. The fourth-order valence-electron chi connectivity index (χ4n) is 2.76. The monoisotopic (exact) mass is 284 g/mol. The summed E-state index contributed by atoms with van der Waals surface area (Å²) in [6, 6.07) is 10.6. The number of ketones is 1. The van der Waals surface area contributed by atoms with Crippen molar-refractivity contribution >= 4 is 22.5 Å². The largest absolute Gasteiger partial charge is 0.490 e. The minimum Gasteiger partial charge on any atom is -0.490 e. The first kappa shape index (κ1) is 13.6. The number of carboxylic acid groups (broad SMARTS) is 1. The molecule has 1 aliphatic carbocycles. The molecule has 0 heterocycles. The Morgan fingerprint density at radius 1 is 1.00 bits per heavy atom. The summed E-state index contributed by atoms with van der Waals surface area (Å²) in [5, 5.41) is 10.5. The Kier molecular flexibility index (Phi) is 3.60. The summed E-state index contributed by atoms with van der Waals surface area (Å²) in [6.45, 7) is 0. The maximum atomic E-state index is 11.5. The molecule has 0 radical (unpaired) electrons. The van der Waals surface area contributed by atoms with E-state index >= 15 is 0 Å². The summed E-state index contributed by atoms with van der Waals surface area (Å²) in [5.41, 5.74) is 0.194. The van der Waals surface area contributed by atoms with E-state index in [-0.39, 0.29) is 5.56 Å². The second-order valence-corrected chi connectivity index (χ2v) is 5.38. The predicted octanol–water partition coefficient (Wildman–Crippen LogP) is 3.43. The van der Waals surface area contributed by atoms with Crippen molar-refractivity contribution in [3.8, 4) is 5.75 Å². The smallest absolute Gasteiger partial charge is 0.377 e. The molecule has 0 saturated heterocycles. The lowest BCUT2D eigenvalue weighted by atomic mass is 10.0. The molecule has 2 aromatic carbocycles. The number of ether oxygens (including phenoxy) is 1. The Hall–Kier alpha value is -2.36. The quantitative estimate of drug-likeness (QED) is 0.690. The van der Waals surface area contributed by atoms with Crippen molar-refractivity contribution < 1.29 is 19.4 Å². The van der Waals surface area contributed by atoms with Gasteiger partial charge in [-0.25, -0.2) is 4.79 Å². The van der Waals surface area contributed by atoms with Crippen LogP contribution in [0, 0.1) is 0 Å². The van der Waals surface area contributed by atoms with Crippen molar-refractivity contribution in [2.75, 3.05) is 0 Å². The van der Waals surface area contributed by atoms with E-state index in [2.05, 4.69) is 0 Å².